The maximum Gasteiger partial charge on any atom is 0.133 e. The van der Waals surface area contributed by atoms with Gasteiger partial charge in [-0.15, -0.1) is 0 Å². The van der Waals surface area contributed by atoms with E-state index < -0.39 is 0 Å². The zero-order valence-electron chi connectivity index (χ0n) is 11.0. The van der Waals surface area contributed by atoms with Gasteiger partial charge in [-0.25, -0.2) is 0 Å². The number of hydrogen-bond donors (Lipinski definition) is 1. The lowest BCUT2D eigenvalue weighted by Crippen LogP contribution is -2.11. The van der Waals surface area contributed by atoms with E-state index in [1.807, 2.05) is 42.5 Å². The van der Waals surface area contributed by atoms with Crippen molar-refractivity contribution < 1.29 is 9.47 Å². The maximum absolute atomic E-state index is 5.71. The highest BCUT2D eigenvalue weighted by Crippen LogP contribution is 2.29. The van der Waals surface area contributed by atoms with Gasteiger partial charge in [-0.1, -0.05) is 22.0 Å². The Bertz CT molecular complexity index is 576. The smallest absolute Gasteiger partial charge is 0.133 e. The first-order valence-electron chi connectivity index (χ1n) is 6.15. The van der Waals surface area contributed by atoms with Crippen LogP contribution in [0.1, 0.15) is 0 Å². The molecule has 0 unspecified atom stereocenters. The predicted molar refractivity (Wildman–Crippen MR) is 88.8 cm³/mol. The first-order chi connectivity index (χ1) is 9.69. The van der Waals surface area contributed by atoms with Crippen molar-refractivity contribution in [2.24, 2.45) is 0 Å². The molecule has 20 heavy (non-hydrogen) atoms. The second-order valence-electron chi connectivity index (χ2n) is 4.08. The van der Waals surface area contributed by atoms with Gasteiger partial charge in [0.25, 0.3) is 0 Å². The van der Waals surface area contributed by atoms with Crippen LogP contribution >= 0.6 is 31.9 Å². The maximum atomic E-state index is 5.71. The lowest BCUT2D eigenvalue weighted by atomic mass is 10.3. The summed E-state index contributed by atoms with van der Waals surface area (Å²) in [7, 11) is 1.64. The Labute approximate surface area is 135 Å². The van der Waals surface area contributed by atoms with Crippen LogP contribution in [0, 0.1) is 0 Å². The zero-order chi connectivity index (χ0) is 14.4. The summed E-state index contributed by atoms with van der Waals surface area (Å²) >= 11 is 6.90. The molecule has 5 heteroatoms. The summed E-state index contributed by atoms with van der Waals surface area (Å²) in [4.78, 5) is 0. The van der Waals surface area contributed by atoms with Crippen molar-refractivity contribution in [3.05, 3.63) is 51.4 Å². The lowest BCUT2D eigenvalue weighted by Gasteiger charge is -2.11. The van der Waals surface area contributed by atoms with E-state index in [4.69, 9.17) is 9.47 Å². The fourth-order valence-electron chi connectivity index (χ4n) is 1.68. The Morgan fingerprint density at radius 3 is 2.65 bits per heavy atom. The van der Waals surface area contributed by atoms with Gasteiger partial charge < -0.3 is 14.8 Å². The highest BCUT2D eigenvalue weighted by molar-refractivity contribution is 9.10. The van der Waals surface area contributed by atoms with Gasteiger partial charge in [0, 0.05) is 16.7 Å². The van der Waals surface area contributed by atoms with Crippen molar-refractivity contribution in [1.82, 2.24) is 0 Å². The van der Waals surface area contributed by atoms with Gasteiger partial charge in [0.15, 0.2) is 0 Å². The monoisotopic (exact) mass is 399 g/mol. The Morgan fingerprint density at radius 1 is 1.10 bits per heavy atom. The fraction of sp³-hybridized carbons (Fsp3) is 0.200. The number of ether oxygens (including phenoxy) is 2. The number of anilines is 1. The van der Waals surface area contributed by atoms with Gasteiger partial charge in [0.1, 0.15) is 18.1 Å². The topological polar surface area (TPSA) is 30.5 Å². The Hall–Kier alpha value is -1.20. The van der Waals surface area contributed by atoms with Crippen molar-refractivity contribution in [2.45, 2.75) is 0 Å². The fourth-order valence-corrected chi connectivity index (χ4v) is 2.55. The molecule has 0 fully saturated rings. The predicted octanol–water partition coefficient (Wildman–Crippen LogP) is 4.71. The van der Waals surface area contributed by atoms with Crippen LogP contribution in [-0.2, 0) is 0 Å². The molecule has 2 aromatic rings. The molecule has 0 atom stereocenters. The number of benzene rings is 2. The SMILES string of the molecule is COc1ccc(OCCNc2cccc(Br)c2)c(Br)c1. The van der Waals surface area contributed by atoms with Gasteiger partial charge in [-0.3, -0.25) is 0 Å². The number of rotatable bonds is 6. The van der Waals surface area contributed by atoms with Crippen molar-refractivity contribution >= 4 is 37.5 Å². The number of hydrogen-bond acceptors (Lipinski definition) is 3. The van der Waals surface area contributed by atoms with E-state index in [0.717, 1.165) is 32.7 Å². The van der Waals surface area contributed by atoms with E-state index in [1.54, 1.807) is 7.11 Å². The Balaban J connectivity index is 1.81. The first kappa shape index (κ1) is 15.2. The molecule has 0 heterocycles. The summed E-state index contributed by atoms with van der Waals surface area (Å²) in [5.74, 6) is 1.61. The van der Waals surface area contributed by atoms with Crippen LogP contribution in [0.3, 0.4) is 0 Å². The van der Waals surface area contributed by atoms with Crippen molar-refractivity contribution in [3.63, 3.8) is 0 Å². The van der Waals surface area contributed by atoms with E-state index in [9.17, 15) is 0 Å². The number of nitrogens with one attached hydrogen (secondary N) is 1. The van der Waals surface area contributed by atoms with E-state index in [2.05, 4.69) is 37.2 Å². The largest absolute Gasteiger partial charge is 0.497 e. The van der Waals surface area contributed by atoms with Gasteiger partial charge in [-0.2, -0.15) is 0 Å². The number of halogens is 2. The van der Waals surface area contributed by atoms with Crippen LogP contribution in [0.2, 0.25) is 0 Å². The summed E-state index contributed by atoms with van der Waals surface area (Å²) in [6.45, 7) is 1.31. The third kappa shape index (κ3) is 4.42. The zero-order valence-corrected chi connectivity index (χ0v) is 14.2. The highest BCUT2D eigenvalue weighted by atomic mass is 79.9. The van der Waals surface area contributed by atoms with Crippen molar-refractivity contribution in [1.29, 1.82) is 0 Å². The lowest BCUT2D eigenvalue weighted by molar-refractivity contribution is 0.329. The highest BCUT2D eigenvalue weighted by Gasteiger charge is 2.02. The molecule has 0 spiro atoms. The normalized spacial score (nSPS) is 10.2. The van der Waals surface area contributed by atoms with Crippen LogP contribution < -0.4 is 14.8 Å². The summed E-state index contributed by atoms with van der Waals surface area (Å²) in [5, 5.41) is 3.30. The van der Waals surface area contributed by atoms with Crippen LogP contribution in [0.25, 0.3) is 0 Å². The summed E-state index contributed by atoms with van der Waals surface area (Å²) < 4.78 is 12.8. The van der Waals surface area contributed by atoms with Crippen molar-refractivity contribution in [2.75, 3.05) is 25.6 Å². The van der Waals surface area contributed by atoms with Gasteiger partial charge in [0.05, 0.1) is 11.6 Å². The quantitative estimate of drug-likeness (QED) is 0.712. The minimum atomic E-state index is 0.581. The van der Waals surface area contributed by atoms with E-state index in [-0.39, 0.29) is 0 Å². The summed E-state index contributed by atoms with van der Waals surface area (Å²) in [5.41, 5.74) is 1.07. The number of methoxy groups -OCH3 is 1. The van der Waals surface area contributed by atoms with E-state index >= 15 is 0 Å². The molecule has 0 saturated heterocycles. The molecule has 0 amide bonds. The molecule has 0 bridgehead atoms. The van der Waals surface area contributed by atoms with E-state index in [0.29, 0.717) is 6.61 Å². The first-order valence-corrected chi connectivity index (χ1v) is 7.73. The standard InChI is InChI=1S/C15H15Br2NO2/c1-19-13-5-6-15(14(17)10-13)20-8-7-18-12-4-2-3-11(16)9-12/h2-6,9-10,18H,7-8H2,1H3. The summed E-state index contributed by atoms with van der Waals surface area (Å²) in [6, 6.07) is 13.7. The second-order valence-corrected chi connectivity index (χ2v) is 5.85. The van der Waals surface area contributed by atoms with Crippen LogP contribution in [0.4, 0.5) is 5.69 Å². The Morgan fingerprint density at radius 2 is 1.95 bits per heavy atom. The molecule has 1 N–H and O–H groups in total. The minimum Gasteiger partial charge on any atom is -0.497 e. The summed E-state index contributed by atoms with van der Waals surface area (Å²) in [6.07, 6.45) is 0. The Kier molecular flexibility index (Phi) is 5.73. The third-order valence-corrected chi connectivity index (χ3v) is 3.77. The van der Waals surface area contributed by atoms with Crippen molar-refractivity contribution in [3.8, 4) is 11.5 Å². The van der Waals surface area contributed by atoms with Gasteiger partial charge in [0.2, 0.25) is 0 Å². The molecule has 0 aliphatic rings. The van der Waals surface area contributed by atoms with Crippen LogP contribution in [0.15, 0.2) is 51.4 Å². The molecule has 0 aromatic heterocycles. The average Bonchev–Trinajstić information content (AvgIpc) is 2.45. The van der Waals surface area contributed by atoms with Crippen LogP contribution in [-0.4, -0.2) is 20.3 Å². The van der Waals surface area contributed by atoms with Gasteiger partial charge in [-0.05, 0) is 52.3 Å². The van der Waals surface area contributed by atoms with E-state index in [1.165, 1.54) is 0 Å². The minimum absolute atomic E-state index is 0.581. The molecule has 106 valence electrons. The molecule has 0 aliphatic carbocycles. The molecule has 0 aliphatic heterocycles. The molecular weight excluding hydrogens is 386 g/mol. The molecule has 0 saturated carbocycles. The average molecular weight is 401 g/mol. The second kappa shape index (κ2) is 7.55. The molecule has 2 aromatic carbocycles. The van der Waals surface area contributed by atoms with Crippen LogP contribution in [0.5, 0.6) is 11.5 Å². The molecular formula is C15H15Br2NO2. The third-order valence-electron chi connectivity index (χ3n) is 2.65. The molecule has 2 rings (SSSR count). The molecule has 0 radical (unpaired) electrons. The van der Waals surface area contributed by atoms with Gasteiger partial charge >= 0.3 is 0 Å². The molecule has 3 nitrogen and oxygen atoms in total.